The van der Waals surface area contributed by atoms with E-state index in [1.165, 1.54) is 5.56 Å². The maximum absolute atomic E-state index is 6.31. The lowest BCUT2D eigenvalue weighted by Crippen LogP contribution is -2.10. The van der Waals surface area contributed by atoms with Crippen LogP contribution in [0.5, 0.6) is 0 Å². The largest absolute Gasteiger partial charge is 0.456 e. The van der Waals surface area contributed by atoms with Crippen molar-refractivity contribution in [1.29, 1.82) is 0 Å². The molecule has 230 valence electrons. The van der Waals surface area contributed by atoms with Crippen molar-refractivity contribution in [2.75, 3.05) is 4.90 Å². The first kappa shape index (κ1) is 27.5. The van der Waals surface area contributed by atoms with Gasteiger partial charge in [0.05, 0.1) is 0 Å². The average Bonchev–Trinajstić information content (AvgIpc) is 3.74. The molecule has 10 rings (SSSR count). The van der Waals surface area contributed by atoms with Crippen molar-refractivity contribution in [3.8, 4) is 22.3 Å². The first-order chi connectivity index (χ1) is 24.3. The number of fused-ring (bicyclic) bond motifs is 8. The molecule has 0 aliphatic rings. The Hall–Kier alpha value is -6.65. The van der Waals surface area contributed by atoms with Gasteiger partial charge in [0.25, 0.3) is 0 Å². The van der Waals surface area contributed by atoms with Crippen molar-refractivity contribution in [2.24, 2.45) is 0 Å². The van der Waals surface area contributed by atoms with Crippen LogP contribution >= 0.6 is 0 Å². The lowest BCUT2D eigenvalue weighted by molar-refractivity contribution is 0.657. The number of nitrogens with zero attached hydrogens (tertiary/aromatic N) is 2. The fourth-order valence-electron chi connectivity index (χ4n) is 7.15. The number of hydrogen-bond donors (Lipinski definition) is 0. The van der Waals surface area contributed by atoms with Gasteiger partial charge in [0, 0.05) is 50.2 Å². The van der Waals surface area contributed by atoms with Gasteiger partial charge in [0.1, 0.15) is 16.7 Å². The van der Waals surface area contributed by atoms with Gasteiger partial charge in [-0.25, -0.2) is 4.98 Å². The molecule has 3 heterocycles. The molecule has 7 aromatic carbocycles. The van der Waals surface area contributed by atoms with Crippen molar-refractivity contribution in [3.05, 3.63) is 170 Å². The first-order valence-corrected chi connectivity index (χ1v) is 16.4. The van der Waals surface area contributed by atoms with Crippen molar-refractivity contribution in [2.45, 2.75) is 0 Å². The molecular weight excluding hydrogens is 601 g/mol. The molecule has 0 N–H and O–H groups in total. The Kier molecular flexibility index (Phi) is 6.15. The van der Waals surface area contributed by atoms with Crippen LogP contribution in [0.4, 0.5) is 17.1 Å². The first-order valence-electron chi connectivity index (χ1n) is 16.4. The van der Waals surface area contributed by atoms with Crippen molar-refractivity contribution in [1.82, 2.24) is 4.98 Å². The van der Waals surface area contributed by atoms with Crippen molar-refractivity contribution < 1.29 is 8.83 Å². The van der Waals surface area contributed by atoms with Gasteiger partial charge in [-0.3, -0.25) is 0 Å². The summed E-state index contributed by atoms with van der Waals surface area (Å²) in [7, 11) is 0. The van der Waals surface area contributed by atoms with Crippen LogP contribution in [0.2, 0.25) is 0 Å². The molecule has 0 atom stereocenters. The van der Waals surface area contributed by atoms with Crippen LogP contribution in [0.1, 0.15) is 0 Å². The molecule has 0 amide bonds. The van der Waals surface area contributed by atoms with Crippen LogP contribution in [-0.2, 0) is 0 Å². The van der Waals surface area contributed by atoms with E-state index in [0.29, 0.717) is 5.71 Å². The predicted octanol–water partition coefficient (Wildman–Crippen LogP) is 12.8. The van der Waals surface area contributed by atoms with Gasteiger partial charge in [0.15, 0.2) is 0 Å². The number of pyridine rings is 1. The topological polar surface area (TPSA) is 42.4 Å². The lowest BCUT2D eigenvalue weighted by atomic mass is 9.99. The van der Waals surface area contributed by atoms with E-state index in [2.05, 4.69) is 155 Å². The fraction of sp³-hybridized carbons (Fsp3) is 0. The minimum atomic E-state index is 0.660. The number of hydrogen-bond acceptors (Lipinski definition) is 4. The zero-order valence-electron chi connectivity index (χ0n) is 26.4. The summed E-state index contributed by atoms with van der Waals surface area (Å²) in [4.78, 5) is 6.81. The highest BCUT2D eigenvalue weighted by atomic mass is 16.3. The van der Waals surface area contributed by atoms with Gasteiger partial charge in [-0.05, 0) is 100 Å². The summed E-state index contributed by atoms with van der Waals surface area (Å²) in [5, 5.41) is 6.51. The number of furan rings is 2. The summed E-state index contributed by atoms with van der Waals surface area (Å²) in [5.74, 6) is 0. The van der Waals surface area contributed by atoms with E-state index < -0.39 is 0 Å². The van der Waals surface area contributed by atoms with Gasteiger partial charge in [0.2, 0.25) is 5.71 Å². The molecule has 0 aliphatic carbocycles. The van der Waals surface area contributed by atoms with Crippen LogP contribution in [0, 0.1) is 0 Å². The van der Waals surface area contributed by atoms with Gasteiger partial charge in [-0.15, -0.1) is 0 Å². The van der Waals surface area contributed by atoms with E-state index in [9.17, 15) is 0 Å². The van der Waals surface area contributed by atoms with Gasteiger partial charge < -0.3 is 13.7 Å². The third kappa shape index (κ3) is 4.57. The number of rotatable bonds is 5. The SMILES string of the molecule is c1ccc(-c2cccc(N(c3cccc(-c4ccc5ccc6c7cccnc7oc6c5c4)c3)c3ccc4oc5ccccc5c4c3)c2)cc1. The van der Waals surface area contributed by atoms with Crippen LogP contribution < -0.4 is 4.90 Å². The van der Waals surface area contributed by atoms with Crippen LogP contribution in [-0.4, -0.2) is 4.98 Å². The second-order valence-electron chi connectivity index (χ2n) is 12.4. The Morgan fingerprint density at radius 3 is 1.92 bits per heavy atom. The van der Waals surface area contributed by atoms with E-state index in [-0.39, 0.29) is 0 Å². The summed E-state index contributed by atoms with van der Waals surface area (Å²) in [6.45, 7) is 0. The highest BCUT2D eigenvalue weighted by Crippen LogP contribution is 2.42. The fourth-order valence-corrected chi connectivity index (χ4v) is 7.15. The third-order valence-electron chi connectivity index (χ3n) is 9.50. The normalized spacial score (nSPS) is 11.7. The van der Waals surface area contributed by atoms with Gasteiger partial charge >= 0.3 is 0 Å². The van der Waals surface area contributed by atoms with E-state index >= 15 is 0 Å². The van der Waals surface area contributed by atoms with Crippen LogP contribution in [0.25, 0.3) is 77.0 Å². The molecule has 3 aromatic heterocycles. The molecule has 0 fully saturated rings. The molecule has 4 nitrogen and oxygen atoms in total. The average molecular weight is 629 g/mol. The predicted molar refractivity (Wildman–Crippen MR) is 202 cm³/mol. The zero-order chi connectivity index (χ0) is 32.3. The Balaban J connectivity index is 1.15. The molecule has 0 radical (unpaired) electrons. The Morgan fingerprint density at radius 2 is 1.06 bits per heavy atom. The zero-order valence-corrected chi connectivity index (χ0v) is 26.4. The summed E-state index contributed by atoms with van der Waals surface area (Å²) in [6, 6.07) is 57.7. The third-order valence-corrected chi connectivity index (χ3v) is 9.50. The molecule has 0 aliphatic heterocycles. The summed E-state index contributed by atoms with van der Waals surface area (Å²) < 4.78 is 12.5. The molecule has 0 spiro atoms. The second kappa shape index (κ2) is 11.0. The lowest BCUT2D eigenvalue weighted by Gasteiger charge is -2.26. The molecule has 0 bridgehead atoms. The Labute approximate surface area is 282 Å². The highest BCUT2D eigenvalue weighted by Gasteiger charge is 2.18. The molecule has 0 saturated heterocycles. The van der Waals surface area contributed by atoms with E-state index in [4.69, 9.17) is 8.83 Å². The monoisotopic (exact) mass is 628 g/mol. The Morgan fingerprint density at radius 1 is 0.388 bits per heavy atom. The molecule has 4 heteroatoms. The number of para-hydroxylation sites is 1. The second-order valence-corrected chi connectivity index (χ2v) is 12.4. The smallest absolute Gasteiger partial charge is 0.227 e. The molecule has 10 aromatic rings. The van der Waals surface area contributed by atoms with Crippen LogP contribution in [0.3, 0.4) is 0 Å². The summed E-state index contributed by atoms with van der Waals surface area (Å²) >= 11 is 0. The van der Waals surface area contributed by atoms with E-state index in [1.807, 2.05) is 18.2 Å². The van der Waals surface area contributed by atoms with Crippen molar-refractivity contribution in [3.63, 3.8) is 0 Å². The summed E-state index contributed by atoms with van der Waals surface area (Å²) in [5.41, 5.74) is 11.0. The van der Waals surface area contributed by atoms with E-state index in [1.54, 1.807) is 6.20 Å². The molecular formula is C45H28N2O2. The number of anilines is 3. The minimum Gasteiger partial charge on any atom is -0.456 e. The molecule has 0 saturated carbocycles. The highest BCUT2D eigenvalue weighted by molar-refractivity contribution is 6.15. The molecule has 0 unspecified atom stereocenters. The number of benzene rings is 7. The van der Waals surface area contributed by atoms with E-state index in [0.717, 1.165) is 82.8 Å². The molecule has 49 heavy (non-hydrogen) atoms. The Bertz CT molecular complexity index is 2850. The van der Waals surface area contributed by atoms with Gasteiger partial charge in [-0.1, -0.05) is 91.0 Å². The van der Waals surface area contributed by atoms with Crippen molar-refractivity contribution >= 4 is 71.8 Å². The standard InChI is InChI=1S/C45H28N2O2/c1-2-9-29(10-3-1)31-11-6-13-34(25-31)47(36-21-23-43-41(28-36)37-15-4-5-17-42(37)48-43)35-14-7-12-32(26-35)33-19-18-30-20-22-38-39-16-8-24-46-45(39)49-44(38)40(30)27-33/h1-28H. The maximum atomic E-state index is 6.31. The van der Waals surface area contributed by atoms with Crippen LogP contribution in [0.15, 0.2) is 179 Å². The van der Waals surface area contributed by atoms with Gasteiger partial charge in [-0.2, -0.15) is 0 Å². The quantitative estimate of drug-likeness (QED) is 0.190. The summed E-state index contributed by atoms with van der Waals surface area (Å²) in [6.07, 6.45) is 1.78. The minimum absolute atomic E-state index is 0.660. The maximum Gasteiger partial charge on any atom is 0.227 e. The number of aromatic nitrogens is 1.